The summed E-state index contributed by atoms with van der Waals surface area (Å²) in [6.45, 7) is 5.52. The van der Waals surface area contributed by atoms with Crippen LogP contribution in [-0.2, 0) is 27.2 Å². The van der Waals surface area contributed by atoms with Gasteiger partial charge < -0.3 is 29.9 Å². The maximum absolute atomic E-state index is 14.0. The highest BCUT2D eigenvalue weighted by atomic mass is 79.9. The molecule has 4 heterocycles. The van der Waals surface area contributed by atoms with Crippen LogP contribution in [0.1, 0.15) is 36.8 Å². The molecular weight excluding hydrogens is 710 g/mol. The van der Waals surface area contributed by atoms with E-state index in [1.165, 1.54) is 0 Å². The molecule has 0 saturated carbocycles. The molecule has 15 heteroatoms. The molecule has 2 aromatic carbocycles. The first-order valence-electron chi connectivity index (χ1n) is 17.4. The van der Waals surface area contributed by atoms with Crippen molar-refractivity contribution >= 4 is 45.6 Å². The molecule has 3 fully saturated rings. The molecule has 0 aromatic heterocycles. The number of piperidine rings is 2. The summed E-state index contributed by atoms with van der Waals surface area (Å²) >= 11 is 3.35. The van der Waals surface area contributed by atoms with Crippen molar-refractivity contribution in [3.05, 3.63) is 58.1 Å². The number of carbonyl (C=O) groups excluding carboxylic acids is 4. The third kappa shape index (κ3) is 8.68. The predicted octanol–water partition coefficient (Wildman–Crippen LogP) is 2.87. The van der Waals surface area contributed by atoms with Crippen molar-refractivity contribution in [1.82, 2.24) is 30.0 Å². The lowest BCUT2D eigenvalue weighted by Gasteiger charge is -2.43. The molecular formula is C35H46BrN7O7. The zero-order valence-electron chi connectivity index (χ0n) is 28.1. The normalized spacial score (nSPS) is 20.4. The first-order chi connectivity index (χ1) is 24.2. The van der Waals surface area contributed by atoms with E-state index in [1.54, 1.807) is 33.5 Å². The van der Waals surface area contributed by atoms with Gasteiger partial charge in [-0.1, -0.05) is 24.3 Å². The first-order valence-corrected chi connectivity index (χ1v) is 18.2. The molecule has 50 heavy (non-hydrogen) atoms. The summed E-state index contributed by atoms with van der Waals surface area (Å²) in [5.74, 6) is -0.580. The van der Waals surface area contributed by atoms with Gasteiger partial charge in [0.2, 0.25) is 0 Å². The number of halogens is 1. The molecule has 0 radical (unpaired) electrons. The Bertz CT molecular complexity index is 1540. The molecule has 2 aromatic rings. The number of hydrogen-bond acceptors (Lipinski definition) is 9. The van der Waals surface area contributed by atoms with Crippen LogP contribution in [-0.4, -0.2) is 142 Å². The second-order valence-electron chi connectivity index (χ2n) is 13.5. The van der Waals surface area contributed by atoms with Crippen molar-refractivity contribution in [3.63, 3.8) is 0 Å². The van der Waals surface area contributed by atoms with Crippen LogP contribution < -0.4 is 10.8 Å². The number of amides is 5. The summed E-state index contributed by atoms with van der Waals surface area (Å²) in [6.07, 6.45) is 2.34. The number of rotatable bonds is 8. The fraction of sp³-hybridized carbons (Fsp3) is 0.543. The number of piperazine rings is 1. The predicted molar refractivity (Wildman–Crippen MR) is 188 cm³/mol. The van der Waals surface area contributed by atoms with E-state index in [1.807, 2.05) is 34.1 Å². The Labute approximate surface area is 300 Å². The Morgan fingerprint density at radius 1 is 0.900 bits per heavy atom. The van der Waals surface area contributed by atoms with Gasteiger partial charge in [0, 0.05) is 83.1 Å². The first kappa shape index (κ1) is 35.9. The largest absolute Gasteiger partial charge is 0.507 e. The lowest BCUT2D eigenvalue weighted by atomic mass is 10.0. The average Bonchev–Trinajstić information content (AvgIpc) is 3.31. The van der Waals surface area contributed by atoms with E-state index in [-0.39, 0.29) is 36.7 Å². The maximum Gasteiger partial charge on any atom is 0.410 e. The number of carbonyl (C=O) groups is 4. The van der Waals surface area contributed by atoms with E-state index in [0.29, 0.717) is 69.2 Å². The Morgan fingerprint density at radius 3 is 2.30 bits per heavy atom. The second kappa shape index (κ2) is 16.4. The smallest absolute Gasteiger partial charge is 0.410 e. The van der Waals surface area contributed by atoms with Crippen LogP contribution in [0.25, 0.3) is 0 Å². The summed E-state index contributed by atoms with van der Waals surface area (Å²) in [6, 6.07) is 13.0. The molecule has 4 aliphatic heterocycles. The summed E-state index contributed by atoms with van der Waals surface area (Å²) in [5.41, 5.74) is 4.38. The lowest BCUT2D eigenvalue weighted by Crippen LogP contribution is -2.57. The van der Waals surface area contributed by atoms with Gasteiger partial charge in [0.25, 0.3) is 11.8 Å². The zero-order chi connectivity index (χ0) is 35.2. The van der Waals surface area contributed by atoms with Gasteiger partial charge in [-0.2, -0.15) is 0 Å². The summed E-state index contributed by atoms with van der Waals surface area (Å²) in [4.78, 5) is 61.8. The topological polar surface area (TPSA) is 158 Å². The number of para-hydroxylation sites is 1. The number of anilines is 1. The van der Waals surface area contributed by atoms with Crippen LogP contribution in [0.4, 0.5) is 15.3 Å². The molecule has 3 saturated heterocycles. The lowest BCUT2D eigenvalue weighted by molar-refractivity contribution is -0.143. The van der Waals surface area contributed by atoms with Crippen molar-refractivity contribution in [2.45, 2.75) is 56.7 Å². The van der Waals surface area contributed by atoms with Crippen LogP contribution in [0.2, 0.25) is 0 Å². The van der Waals surface area contributed by atoms with Crippen molar-refractivity contribution in [1.29, 1.82) is 0 Å². The zero-order valence-corrected chi connectivity index (χ0v) is 29.7. The SMILES string of the molecule is O=C(CN1CCC(N2CCN(C(=O)[C@@H](Cc3ccc(O)c(Br)c3)OC(=O)N3CCC(N4CCc5ccccc5NC4=O)CC3)CC2)CC1)NO. The quantitative estimate of drug-likeness (QED) is 0.235. The summed E-state index contributed by atoms with van der Waals surface area (Å²) in [7, 11) is 0. The number of ether oxygens (including phenoxy) is 1. The number of nitrogens with zero attached hydrogens (tertiary/aromatic N) is 5. The average molecular weight is 757 g/mol. The van der Waals surface area contributed by atoms with Crippen molar-refractivity contribution in [2.75, 3.05) is 70.8 Å². The van der Waals surface area contributed by atoms with Gasteiger partial charge in [0.1, 0.15) is 5.75 Å². The van der Waals surface area contributed by atoms with Gasteiger partial charge in [-0.05, 0) is 77.4 Å². The number of benzene rings is 2. The van der Waals surface area contributed by atoms with E-state index >= 15 is 0 Å². The van der Waals surface area contributed by atoms with Gasteiger partial charge in [0.05, 0.1) is 11.0 Å². The number of fused-ring (bicyclic) bond motifs is 1. The molecule has 1 atom stereocenters. The third-order valence-corrected chi connectivity index (χ3v) is 11.1. The molecule has 4 N–H and O–H groups in total. The number of hydrogen-bond donors (Lipinski definition) is 4. The van der Waals surface area contributed by atoms with E-state index in [0.717, 1.165) is 49.2 Å². The number of hydroxylamine groups is 1. The molecule has 270 valence electrons. The molecule has 0 unspecified atom stereocenters. The molecule has 5 amide bonds. The minimum Gasteiger partial charge on any atom is -0.507 e. The monoisotopic (exact) mass is 755 g/mol. The Balaban J connectivity index is 1.04. The molecule has 0 spiro atoms. The van der Waals surface area contributed by atoms with E-state index < -0.39 is 18.1 Å². The van der Waals surface area contributed by atoms with Crippen LogP contribution in [0.5, 0.6) is 5.75 Å². The molecule has 6 rings (SSSR count). The third-order valence-electron chi connectivity index (χ3n) is 10.4. The Hall–Kier alpha value is -3.92. The van der Waals surface area contributed by atoms with Crippen molar-refractivity contribution in [2.24, 2.45) is 0 Å². The van der Waals surface area contributed by atoms with Crippen LogP contribution >= 0.6 is 15.9 Å². The summed E-state index contributed by atoms with van der Waals surface area (Å²) < 4.78 is 6.49. The number of urea groups is 1. The Kier molecular flexibility index (Phi) is 11.8. The second-order valence-corrected chi connectivity index (χ2v) is 14.4. The van der Waals surface area contributed by atoms with Crippen molar-refractivity contribution in [3.8, 4) is 5.75 Å². The molecule has 14 nitrogen and oxygen atoms in total. The van der Waals surface area contributed by atoms with E-state index in [2.05, 4.69) is 26.1 Å². The Morgan fingerprint density at radius 2 is 1.60 bits per heavy atom. The maximum atomic E-state index is 14.0. The summed E-state index contributed by atoms with van der Waals surface area (Å²) in [5, 5.41) is 21.9. The fourth-order valence-corrected chi connectivity index (χ4v) is 7.98. The van der Waals surface area contributed by atoms with Crippen LogP contribution in [0, 0.1) is 0 Å². The van der Waals surface area contributed by atoms with Gasteiger partial charge in [-0.25, -0.2) is 15.1 Å². The molecule has 4 aliphatic rings. The van der Waals surface area contributed by atoms with Gasteiger partial charge in [0.15, 0.2) is 6.10 Å². The van der Waals surface area contributed by atoms with Crippen molar-refractivity contribution < 1.29 is 34.2 Å². The van der Waals surface area contributed by atoms with Gasteiger partial charge >= 0.3 is 12.1 Å². The number of aromatic hydroxyl groups is 1. The highest BCUT2D eigenvalue weighted by Crippen LogP contribution is 2.28. The number of phenols is 1. The number of likely N-dealkylation sites (tertiary alicyclic amines) is 2. The van der Waals surface area contributed by atoms with E-state index in [4.69, 9.17) is 9.94 Å². The highest BCUT2D eigenvalue weighted by molar-refractivity contribution is 9.10. The standard InChI is InChI=1S/C35H46BrN7O7/c36-28-21-24(5-6-30(28)44)22-31(33(46)41-19-17-40(18-20-41)26-8-12-39(13-9-26)23-32(45)38-49)50-35(48)42-14-10-27(11-15-42)43-16-7-25-3-1-2-4-29(25)37-34(43)47/h1-6,21,26-27,31,44,49H,7-20,22-23H2,(H,37,47)(H,38,45)/t31-/m1/s1. The van der Waals surface area contributed by atoms with Crippen LogP contribution in [0.3, 0.4) is 0 Å². The van der Waals surface area contributed by atoms with Gasteiger partial charge in [-0.3, -0.25) is 24.6 Å². The highest BCUT2D eigenvalue weighted by Gasteiger charge is 2.36. The van der Waals surface area contributed by atoms with E-state index in [9.17, 15) is 24.3 Å². The van der Waals surface area contributed by atoms with Gasteiger partial charge in [-0.15, -0.1) is 0 Å². The minimum absolute atomic E-state index is 0.0105. The number of nitrogens with one attached hydrogen (secondary N) is 2. The molecule has 0 aliphatic carbocycles. The van der Waals surface area contributed by atoms with Crippen LogP contribution in [0.15, 0.2) is 46.9 Å². The fourth-order valence-electron chi connectivity index (χ4n) is 7.56. The molecule has 0 bridgehead atoms. The minimum atomic E-state index is -1.04. The number of phenolic OH excluding ortho intramolecular Hbond substituents is 1.